The molecule has 0 aromatic carbocycles. The summed E-state index contributed by atoms with van der Waals surface area (Å²) >= 11 is 0. The highest BCUT2D eigenvalue weighted by molar-refractivity contribution is 6.01. The number of halogens is 3. The van der Waals surface area contributed by atoms with Crippen LogP contribution in [-0.4, -0.2) is 44.5 Å². The average molecular weight is 422 g/mol. The molecule has 30 heavy (non-hydrogen) atoms. The van der Waals surface area contributed by atoms with Gasteiger partial charge in [0, 0.05) is 12.6 Å². The van der Waals surface area contributed by atoms with Gasteiger partial charge in [-0.15, -0.1) is 0 Å². The van der Waals surface area contributed by atoms with Crippen molar-refractivity contribution in [2.45, 2.75) is 44.5 Å². The molecule has 0 saturated heterocycles. The molecule has 0 aliphatic carbocycles. The quantitative estimate of drug-likeness (QED) is 0.715. The molecule has 3 N–H and O–H groups in total. The third-order valence-corrected chi connectivity index (χ3v) is 5.08. The zero-order valence-electron chi connectivity index (χ0n) is 15.9. The van der Waals surface area contributed by atoms with Crippen LogP contribution in [0.5, 0.6) is 0 Å². The summed E-state index contributed by atoms with van der Waals surface area (Å²) in [5.74, 6) is -2.74. The van der Waals surface area contributed by atoms with Crippen LogP contribution >= 0.6 is 0 Å². The molecule has 0 spiro atoms. The molecule has 3 heterocycles. The van der Waals surface area contributed by atoms with E-state index in [2.05, 4.69) is 20.1 Å². The Labute approximate surface area is 168 Å². The lowest BCUT2D eigenvalue weighted by Crippen LogP contribution is -2.61. The van der Waals surface area contributed by atoms with Crippen LogP contribution in [0.2, 0.25) is 0 Å². The van der Waals surface area contributed by atoms with Crippen LogP contribution in [0, 0.1) is 11.3 Å². The molecule has 0 saturated carbocycles. The fraction of sp³-hybridized carbons (Fsp3) is 0.389. The number of pyridine rings is 1. The van der Waals surface area contributed by atoms with Gasteiger partial charge in [0.05, 0.1) is 16.8 Å². The lowest BCUT2D eigenvalue weighted by molar-refractivity contribution is -0.207. The largest absolute Gasteiger partial charge is 0.490 e. The van der Waals surface area contributed by atoms with E-state index in [9.17, 15) is 22.8 Å². The first-order valence-electron chi connectivity index (χ1n) is 8.86. The second kappa shape index (κ2) is 7.33. The van der Waals surface area contributed by atoms with Gasteiger partial charge in [-0.25, -0.2) is 9.78 Å². The molecule has 2 unspecified atom stereocenters. The summed E-state index contributed by atoms with van der Waals surface area (Å²) in [5, 5.41) is 15.8. The minimum atomic E-state index is -5.15. The highest BCUT2D eigenvalue weighted by Gasteiger charge is 2.49. The van der Waals surface area contributed by atoms with Crippen LogP contribution in [0.25, 0.3) is 5.82 Å². The molecule has 0 bridgehead atoms. The highest BCUT2D eigenvalue weighted by Crippen LogP contribution is 2.34. The number of nitrogens with zero attached hydrogens (tertiary/aromatic N) is 4. The average Bonchev–Trinajstić information content (AvgIpc) is 3.03. The van der Waals surface area contributed by atoms with Crippen molar-refractivity contribution in [2.24, 2.45) is 0 Å². The number of alkyl halides is 3. The van der Waals surface area contributed by atoms with E-state index in [0.29, 0.717) is 5.56 Å². The number of rotatable bonds is 4. The number of nitrogens with two attached hydrogens (primary N) is 1. The smallest absolute Gasteiger partial charge is 0.454 e. The number of carbonyl (C=O) groups is 2. The topological polar surface area (TPSA) is 136 Å². The van der Waals surface area contributed by atoms with Gasteiger partial charge < -0.3 is 15.8 Å². The van der Waals surface area contributed by atoms with E-state index in [0.717, 1.165) is 0 Å². The minimum Gasteiger partial charge on any atom is -0.454 e. The molecule has 158 valence electrons. The van der Waals surface area contributed by atoms with Crippen molar-refractivity contribution in [1.82, 2.24) is 20.1 Å². The van der Waals surface area contributed by atoms with E-state index < -0.39 is 29.7 Å². The number of hydrogen-bond acceptors (Lipinski definition) is 7. The number of carbonyl (C=O) groups excluding carboxylic acids is 2. The zero-order chi connectivity index (χ0) is 22.3. The molecule has 0 fully saturated rings. The number of nitriles is 1. The first kappa shape index (κ1) is 21.1. The minimum absolute atomic E-state index is 0.00957. The van der Waals surface area contributed by atoms with Crippen molar-refractivity contribution in [3.05, 3.63) is 35.2 Å². The van der Waals surface area contributed by atoms with Crippen molar-refractivity contribution in [2.75, 3.05) is 5.73 Å². The molecule has 1 amide bonds. The zero-order valence-corrected chi connectivity index (χ0v) is 15.9. The number of hydrogen-bond donors (Lipinski definition) is 2. The molecule has 2 aromatic rings. The molecule has 0 radical (unpaired) electrons. The molecule has 1 aliphatic rings. The Hall–Kier alpha value is -3.62. The standard InChI is InChI=1S/C18H17F3N6O3/c1-3-17(9(2)30-16(29)18(19,20)21)6-11-13(15(28)25-17)14(23)27(26-11)12-5-4-10(7-22)8-24-12/h4-5,8-9H,3,6,23H2,1-2H3,(H,25,28). The number of aromatic nitrogens is 3. The number of fused-ring (bicyclic) bond motifs is 1. The van der Waals surface area contributed by atoms with E-state index in [-0.39, 0.29) is 35.7 Å². The van der Waals surface area contributed by atoms with Crippen molar-refractivity contribution in [1.29, 1.82) is 5.26 Å². The number of nitrogens with one attached hydrogen (secondary N) is 1. The van der Waals surface area contributed by atoms with Gasteiger partial charge in [0.1, 0.15) is 23.6 Å². The van der Waals surface area contributed by atoms with Crippen molar-refractivity contribution in [3.8, 4) is 11.9 Å². The van der Waals surface area contributed by atoms with Crippen molar-refractivity contribution >= 4 is 17.7 Å². The van der Waals surface area contributed by atoms with Crippen LogP contribution in [0.4, 0.5) is 19.0 Å². The Morgan fingerprint density at radius 1 is 1.50 bits per heavy atom. The van der Waals surface area contributed by atoms with Gasteiger partial charge in [0.25, 0.3) is 5.91 Å². The Bertz CT molecular complexity index is 1040. The third-order valence-electron chi connectivity index (χ3n) is 5.08. The number of anilines is 1. The van der Waals surface area contributed by atoms with Crippen LogP contribution in [0.15, 0.2) is 18.3 Å². The summed E-state index contributed by atoms with van der Waals surface area (Å²) < 4.78 is 43.6. The summed E-state index contributed by atoms with van der Waals surface area (Å²) in [6.07, 6.45) is -4.96. The molecule has 2 atom stereocenters. The highest BCUT2D eigenvalue weighted by atomic mass is 19.4. The second-order valence-corrected chi connectivity index (χ2v) is 6.82. The summed E-state index contributed by atoms with van der Waals surface area (Å²) in [6.45, 7) is 2.92. The van der Waals surface area contributed by atoms with E-state index in [4.69, 9.17) is 11.0 Å². The summed E-state index contributed by atoms with van der Waals surface area (Å²) in [7, 11) is 0. The fourth-order valence-electron chi connectivity index (χ4n) is 3.32. The molecule has 3 rings (SSSR count). The summed E-state index contributed by atoms with van der Waals surface area (Å²) in [5.41, 5.74) is 5.39. The maximum absolute atomic E-state index is 12.7. The number of nitrogen functional groups attached to an aromatic ring is 1. The SMILES string of the molecule is CCC1(C(C)OC(=O)C(F)(F)F)Cc2nn(-c3ccc(C#N)cn3)c(N)c2C(=O)N1. The lowest BCUT2D eigenvalue weighted by Gasteiger charge is -2.40. The number of ether oxygens (including phenoxy) is 1. The Morgan fingerprint density at radius 2 is 2.20 bits per heavy atom. The molecule has 1 aliphatic heterocycles. The van der Waals surface area contributed by atoms with Crippen LogP contribution in [-0.2, 0) is 16.0 Å². The van der Waals surface area contributed by atoms with Gasteiger partial charge in [-0.05, 0) is 25.5 Å². The summed E-state index contributed by atoms with van der Waals surface area (Å²) in [4.78, 5) is 28.1. The van der Waals surface area contributed by atoms with Crippen LogP contribution in [0.1, 0.15) is 41.9 Å². The predicted molar refractivity (Wildman–Crippen MR) is 96.3 cm³/mol. The van der Waals surface area contributed by atoms with Gasteiger partial charge >= 0.3 is 12.1 Å². The Morgan fingerprint density at radius 3 is 2.73 bits per heavy atom. The number of esters is 1. The van der Waals surface area contributed by atoms with E-state index in [1.165, 1.54) is 29.9 Å². The normalized spacial score (nSPS) is 19.4. The fourth-order valence-corrected chi connectivity index (χ4v) is 3.32. The third kappa shape index (κ3) is 3.54. The van der Waals surface area contributed by atoms with E-state index in [1.54, 1.807) is 6.92 Å². The molecule has 2 aromatic heterocycles. The Kier molecular flexibility index (Phi) is 5.15. The maximum atomic E-state index is 12.7. The van der Waals surface area contributed by atoms with Gasteiger partial charge in [0.15, 0.2) is 5.82 Å². The molecule has 12 heteroatoms. The van der Waals surface area contributed by atoms with E-state index in [1.807, 2.05) is 6.07 Å². The first-order chi connectivity index (χ1) is 14.0. The first-order valence-corrected chi connectivity index (χ1v) is 8.86. The van der Waals surface area contributed by atoms with Gasteiger partial charge in [-0.1, -0.05) is 6.92 Å². The molecular formula is C18H17F3N6O3. The van der Waals surface area contributed by atoms with Gasteiger partial charge in [-0.3, -0.25) is 4.79 Å². The van der Waals surface area contributed by atoms with Crippen molar-refractivity contribution in [3.63, 3.8) is 0 Å². The molecular weight excluding hydrogens is 405 g/mol. The predicted octanol–water partition coefficient (Wildman–Crippen LogP) is 1.65. The number of amides is 1. The maximum Gasteiger partial charge on any atom is 0.490 e. The van der Waals surface area contributed by atoms with Crippen molar-refractivity contribution < 1.29 is 27.5 Å². The van der Waals surface area contributed by atoms with Gasteiger partial charge in [-0.2, -0.15) is 28.2 Å². The van der Waals surface area contributed by atoms with Crippen LogP contribution in [0.3, 0.4) is 0 Å². The second-order valence-electron chi connectivity index (χ2n) is 6.82. The summed E-state index contributed by atoms with van der Waals surface area (Å²) in [6, 6.07) is 4.91. The Balaban J connectivity index is 1.96. The van der Waals surface area contributed by atoms with E-state index >= 15 is 0 Å². The van der Waals surface area contributed by atoms with Gasteiger partial charge in [0.2, 0.25) is 0 Å². The van der Waals surface area contributed by atoms with Crippen LogP contribution < -0.4 is 11.1 Å². The monoisotopic (exact) mass is 422 g/mol. The lowest BCUT2D eigenvalue weighted by atomic mass is 9.81. The molecule has 9 nitrogen and oxygen atoms in total.